The van der Waals surface area contributed by atoms with Crippen LogP contribution in [-0.2, 0) is 15.0 Å². The van der Waals surface area contributed by atoms with E-state index in [1.807, 2.05) is 13.6 Å². The Kier molecular flexibility index (Phi) is 13.1. The Balaban J connectivity index is 0.000000618. The Hall–Kier alpha value is -3.52. The number of hydrogen-bond acceptors (Lipinski definition) is 6. The molecule has 0 unspecified atom stereocenters. The molecule has 8 nitrogen and oxygen atoms in total. The summed E-state index contributed by atoms with van der Waals surface area (Å²) in [5.41, 5.74) is 4.91. The molecule has 0 fully saturated rings. The van der Waals surface area contributed by atoms with Gasteiger partial charge in [0.1, 0.15) is 13.6 Å². The van der Waals surface area contributed by atoms with Crippen LogP contribution in [0, 0.1) is 13.8 Å². The maximum atomic E-state index is 11.7. The molecule has 9 heteroatoms. The van der Waals surface area contributed by atoms with Crippen molar-refractivity contribution in [3.8, 4) is 5.82 Å². The van der Waals surface area contributed by atoms with Crippen LogP contribution >= 0.6 is 11.6 Å². The first-order chi connectivity index (χ1) is 16.1. The normalized spacial score (nSPS) is 9.76. The van der Waals surface area contributed by atoms with Crippen molar-refractivity contribution in [2.45, 2.75) is 40.0 Å². The first kappa shape index (κ1) is 30.5. The molecule has 0 saturated carbocycles. The summed E-state index contributed by atoms with van der Waals surface area (Å²) in [6.45, 7) is 14.6. The lowest BCUT2D eigenvalue weighted by Gasteiger charge is -2.18. The van der Waals surface area contributed by atoms with Gasteiger partial charge in [-0.05, 0) is 30.9 Å². The number of rotatable bonds is 3. The number of aromatic nitrogens is 3. The molecule has 1 aromatic carbocycles. The zero-order valence-corrected chi connectivity index (χ0v) is 21.7. The number of hydrogen-bond donors (Lipinski definition) is 2. The molecule has 2 aromatic heterocycles. The van der Waals surface area contributed by atoms with E-state index in [1.54, 1.807) is 38.0 Å². The molecule has 0 bridgehead atoms. The van der Waals surface area contributed by atoms with Crippen LogP contribution in [0.2, 0.25) is 5.02 Å². The van der Waals surface area contributed by atoms with Crippen LogP contribution in [0.15, 0.2) is 42.7 Å². The van der Waals surface area contributed by atoms with Crippen molar-refractivity contribution in [2.75, 3.05) is 19.4 Å². The quantitative estimate of drug-likeness (QED) is 0.561. The number of halogens is 1. The van der Waals surface area contributed by atoms with Gasteiger partial charge in [0.2, 0.25) is 0 Å². The Labute approximate surface area is 206 Å². The van der Waals surface area contributed by atoms with Crippen molar-refractivity contribution < 1.29 is 14.4 Å². The van der Waals surface area contributed by atoms with E-state index in [2.05, 4.69) is 72.7 Å². The van der Waals surface area contributed by atoms with Gasteiger partial charge in [0.15, 0.2) is 5.82 Å². The molecule has 0 aliphatic heterocycles. The Morgan fingerprint density at radius 3 is 2.06 bits per heavy atom. The number of aryl methyl sites for hydroxylation is 2. The van der Waals surface area contributed by atoms with E-state index in [0.717, 1.165) is 5.69 Å². The van der Waals surface area contributed by atoms with Crippen molar-refractivity contribution >= 4 is 36.8 Å². The maximum Gasteiger partial charge on any atom is 0.254 e. The number of amides is 1. The molecule has 2 heterocycles. The van der Waals surface area contributed by atoms with Gasteiger partial charge >= 0.3 is 0 Å². The van der Waals surface area contributed by atoms with Gasteiger partial charge in [-0.3, -0.25) is 4.79 Å². The van der Waals surface area contributed by atoms with E-state index < -0.39 is 0 Å². The third-order valence-electron chi connectivity index (χ3n) is 4.61. The molecule has 0 spiro atoms. The standard InChI is InChI=1S/C12H14ClN5O.C11H16.2CH2O/c1-7-9(12(19)15-3)6-18(17-7)11-10(14-2)4-8(13)5-16-11;1-9-5-7-10(8-6-9)11(2,3)4;2*1-2/h4-6,14H,1-3H3,(H,15,19);5-8H,1-4H3;2*1H2. The molecule has 0 radical (unpaired) electrons. The molecule has 0 aliphatic rings. The zero-order chi connectivity index (χ0) is 26.5. The lowest BCUT2D eigenvalue weighted by molar-refractivity contribution is -0.0987. The first-order valence-electron chi connectivity index (χ1n) is 10.3. The fraction of sp³-hybridized carbons (Fsp3) is 0.320. The van der Waals surface area contributed by atoms with E-state index in [-0.39, 0.29) is 11.3 Å². The van der Waals surface area contributed by atoms with E-state index in [0.29, 0.717) is 22.1 Å². The van der Waals surface area contributed by atoms with Crippen molar-refractivity contribution in [3.63, 3.8) is 0 Å². The molecule has 3 rings (SSSR count). The van der Waals surface area contributed by atoms with Gasteiger partial charge in [-0.15, -0.1) is 0 Å². The van der Waals surface area contributed by atoms with Crippen LogP contribution < -0.4 is 10.6 Å². The summed E-state index contributed by atoms with van der Waals surface area (Å²) < 4.78 is 1.56. The minimum Gasteiger partial charge on any atom is -0.385 e. The second kappa shape index (κ2) is 14.6. The fourth-order valence-corrected chi connectivity index (χ4v) is 2.94. The third kappa shape index (κ3) is 8.78. The van der Waals surface area contributed by atoms with Gasteiger partial charge in [-0.2, -0.15) is 5.10 Å². The van der Waals surface area contributed by atoms with E-state index in [9.17, 15) is 4.79 Å². The van der Waals surface area contributed by atoms with Crippen LogP contribution in [0.4, 0.5) is 5.69 Å². The first-order valence-corrected chi connectivity index (χ1v) is 10.7. The molecule has 0 atom stereocenters. The molecule has 1 amide bonds. The topological polar surface area (TPSA) is 106 Å². The SMILES string of the molecule is C=O.C=O.CNC(=O)c1cn(-c2ncc(Cl)cc2NC)nc1C.Cc1ccc(C(C)(C)C)cc1. The van der Waals surface area contributed by atoms with E-state index in [4.69, 9.17) is 21.2 Å². The number of pyridine rings is 1. The van der Waals surface area contributed by atoms with Crippen LogP contribution in [0.3, 0.4) is 0 Å². The Bertz CT molecular complexity index is 1040. The van der Waals surface area contributed by atoms with E-state index in [1.165, 1.54) is 17.3 Å². The van der Waals surface area contributed by atoms with Crippen LogP contribution in [0.25, 0.3) is 5.82 Å². The van der Waals surface area contributed by atoms with E-state index >= 15 is 0 Å². The highest BCUT2D eigenvalue weighted by molar-refractivity contribution is 6.30. The van der Waals surface area contributed by atoms with Gasteiger partial charge in [-0.25, -0.2) is 9.67 Å². The lowest BCUT2D eigenvalue weighted by atomic mass is 9.87. The maximum absolute atomic E-state index is 11.7. The van der Waals surface area contributed by atoms with Crippen LogP contribution in [-0.4, -0.2) is 48.3 Å². The molecule has 184 valence electrons. The molecular formula is C25H34ClN5O3. The second-order valence-corrected chi connectivity index (χ2v) is 8.48. The smallest absolute Gasteiger partial charge is 0.254 e. The third-order valence-corrected chi connectivity index (χ3v) is 4.81. The van der Waals surface area contributed by atoms with Crippen molar-refractivity contribution in [1.29, 1.82) is 0 Å². The molecule has 34 heavy (non-hydrogen) atoms. The number of carbonyl (C=O) groups is 3. The monoisotopic (exact) mass is 487 g/mol. The largest absolute Gasteiger partial charge is 0.385 e. The van der Waals surface area contributed by atoms with Gasteiger partial charge in [-0.1, -0.05) is 62.2 Å². The molecule has 0 saturated heterocycles. The minimum absolute atomic E-state index is 0.177. The predicted molar refractivity (Wildman–Crippen MR) is 138 cm³/mol. The number of nitrogens with one attached hydrogen (secondary N) is 2. The van der Waals surface area contributed by atoms with Gasteiger partial charge in [0.25, 0.3) is 5.91 Å². The zero-order valence-electron chi connectivity index (χ0n) is 20.9. The van der Waals surface area contributed by atoms with Crippen LogP contribution in [0.5, 0.6) is 0 Å². The van der Waals surface area contributed by atoms with Gasteiger partial charge in [0, 0.05) is 26.5 Å². The number of anilines is 1. The summed E-state index contributed by atoms with van der Waals surface area (Å²) in [6, 6.07) is 10.5. The number of nitrogens with zero attached hydrogens (tertiary/aromatic N) is 3. The summed E-state index contributed by atoms with van der Waals surface area (Å²) in [7, 11) is 3.35. The van der Waals surface area contributed by atoms with Crippen molar-refractivity contribution in [3.05, 3.63) is 70.1 Å². The highest BCUT2D eigenvalue weighted by Gasteiger charge is 2.15. The van der Waals surface area contributed by atoms with Crippen molar-refractivity contribution in [1.82, 2.24) is 20.1 Å². The lowest BCUT2D eigenvalue weighted by Crippen LogP contribution is -2.18. The molecular weight excluding hydrogens is 454 g/mol. The Morgan fingerprint density at radius 1 is 1.03 bits per heavy atom. The summed E-state index contributed by atoms with van der Waals surface area (Å²) in [5.74, 6) is 0.411. The summed E-state index contributed by atoms with van der Waals surface area (Å²) >= 11 is 5.90. The number of benzene rings is 1. The molecule has 2 N–H and O–H groups in total. The fourth-order valence-electron chi connectivity index (χ4n) is 2.78. The van der Waals surface area contributed by atoms with Crippen molar-refractivity contribution in [2.24, 2.45) is 0 Å². The highest BCUT2D eigenvalue weighted by Crippen LogP contribution is 2.23. The summed E-state index contributed by atoms with van der Waals surface area (Å²) in [6.07, 6.45) is 3.18. The predicted octanol–water partition coefficient (Wildman–Crippen LogP) is 4.55. The van der Waals surface area contributed by atoms with Gasteiger partial charge < -0.3 is 20.2 Å². The minimum atomic E-state index is -0.177. The number of carbonyl (C=O) groups excluding carboxylic acids is 3. The highest BCUT2D eigenvalue weighted by atomic mass is 35.5. The Morgan fingerprint density at radius 2 is 1.59 bits per heavy atom. The average molecular weight is 488 g/mol. The summed E-state index contributed by atoms with van der Waals surface area (Å²) in [4.78, 5) is 31.9. The second-order valence-electron chi connectivity index (χ2n) is 8.04. The average Bonchev–Trinajstić information content (AvgIpc) is 3.22. The molecule has 0 aliphatic carbocycles. The van der Waals surface area contributed by atoms with Crippen LogP contribution in [0.1, 0.15) is 48.0 Å². The molecule has 3 aromatic rings. The summed E-state index contributed by atoms with van der Waals surface area (Å²) in [5, 5.41) is 10.4. The van der Waals surface area contributed by atoms with Gasteiger partial charge in [0.05, 0.1) is 22.0 Å².